The smallest absolute Gasteiger partial charge is 0.416 e. The molecule has 0 aliphatic rings. The molecule has 0 amide bonds. The SMILES string of the molecule is COC(=O)c1c(C)[nH]c(C(=O)C(C)N(C)Cc2ccc(C(F)(F)F)cc2)c1C. The molecule has 1 atom stereocenters. The molecule has 8 heteroatoms. The Morgan fingerprint density at radius 1 is 1.18 bits per heavy atom. The monoisotopic (exact) mass is 396 g/mol. The fourth-order valence-electron chi connectivity index (χ4n) is 3.04. The van der Waals surface area contributed by atoms with Crippen molar-refractivity contribution < 1.29 is 27.5 Å². The summed E-state index contributed by atoms with van der Waals surface area (Å²) in [5.41, 5.74) is 1.67. The molecular weight excluding hydrogens is 373 g/mol. The summed E-state index contributed by atoms with van der Waals surface area (Å²) >= 11 is 0. The topological polar surface area (TPSA) is 62.4 Å². The summed E-state index contributed by atoms with van der Waals surface area (Å²) < 4.78 is 42.8. The number of carbonyl (C=O) groups excluding carboxylic acids is 2. The lowest BCUT2D eigenvalue weighted by atomic mass is 10.0. The zero-order valence-corrected chi connectivity index (χ0v) is 16.4. The maximum absolute atomic E-state index is 12.9. The zero-order chi connectivity index (χ0) is 21.2. The van der Waals surface area contributed by atoms with E-state index in [9.17, 15) is 22.8 Å². The van der Waals surface area contributed by atoms with E-state index in [2.05, 4.69) is 4.98 Å². The van der Waals surface area contributed by atoms with E-state index in [1.807, 2.05) is 0 Å². The summed E-state index contributed by atoms with van der Waals surface area (Å²) in [4.78, 5) is 29.5. The van der Waals surface area contributed by atoms with Gasteiger partial charge in [-0.25, -0.2) is 4.79 Å². The van der Waals surface area contributed by atoms with Crippen molar-refractivity contribution in [3.8, 4) is 0 Å². The van der Waals surface area contributed by atoms with Crippen molar-refractivity contribution in [2.75, 3.05) is 14.2 Å². The maximum Gasteiger partial charge on any atom is 0.416 e. The highest BCUT2D eigenvalue weighted by atomic mass is 19.4. The van der Waals surface area contributed by atoms with Gasteiger partial charge in [-0.05, 0) is 51.1 Å². The quantitative estimate of drug-likeness (QED) is 0.589. The Morgan fingerprint density at radius 2 is 1.75 bits per heavy atom. The van der Waals surface area contributed by atoms with Gasteiger partial charge in [0.1, 0.15) is 0 Å². The van der Waals surface area contributed by atoms with Gasteiger partial charge >= 0.3 is 12.1 Å². The van der Waals surface area contributed by atoms with Gasteiger partial charge in [-0.1, -0.05) is 12.1 Å². The second-order valence-corrected chi connectivity index (χ2v) is 6.77. The second-order valence-electron chi connectivity index (χ2n) is 6.77. The molecule has 1 aromatic carbocycles. The van der Waals surface area contributed by atoms with E-state index in [-0.39, 0.29) is 5.78 Å². The number of aryl methyl sites for hydroxylation is 1. The molecule has 0 spiro atoms. The fraction of sp³-hybridized carbons (Fsp3) is 0.400. The van der Waals surface area contributed by atoms with Crippen molar-refractivity contribution in [1.29, 1.82) is 0 Å². The van der Waals surface area contributed by atoms with Crippen LogP contribution < -0.4 is 0 Å². The Bertz CT molecular complexity index is 870. The van der Waals surface area contributed by atoms with Gasteiger partial charge in [0.05, 0.1) is 30.0 Å². The molecule has 1 N–H and O–H groups in total. The Balaban J connectivity index is 2.16. The number of rotatable bonds is 6. The van der Waals surface area contributed by atoms with Crippen molar-refractivity contribution in [3.05, 3.63) is 57.9 Å². The number of esters is 1. The molecule has 0 bridgehead atoms. The highest BCUT2D eigenvalue weighted by molar-refractivity contribution is 6.03. The van der Waals surface area contributed by atoms with Gasteiger partial charge in [0, 0.05) is 12.2 Å². The molecule has 0 saturated carbocycles. The van der Waals surface area contributed by atoms with Gasteiger partial charge < -0.3 is 9.72 Å². The molecule has 2 aromatic rings. The number of likely N-dealkylation sites (N-methyl/N-ethyl adjacent to an activating group) is 1. The minimum Gasteiger partial charge on any atom is -0.465 e. The molecule has 152 valence electrons. The van der Waals surface area contributed by atoms with Crippen LogP contribution in [-0.2, 0) is 17.5 Å². The predicted molar refractivity (Wildman–Crippen MR) is 98.3 cm³/mol. The lowest BCUT2D eigenvalue weighted by Crippen LogP contribution is -2.36. The Hall–Kier alpha value is -2.61. The molecule has 0 saturated heterocycles. The van der Waals surface area contributed by atoms with Crippen LogP contribution in [0.3, 0.4) is 0 Å². The summed E-state index contributed by atoms with van der Waals surface area (Å²) in [6.07, 6.45) is -4.38. The Labute approximate surface area is 161 Å². The number of ether oxygens (including phenoxy) is 1. The summed E-state index contributed by atoms with van der Waals surface area (Å²) in [6.45, 7) is 5.37. The first-order valence-electron chi connectivity index (χ1n) is 8.65. The molecular formula is C20H23F3N2O3. The van der Waals surface area contributed by atoms with Gasteiger partial charge in [0.15, 0.2) is 5.78 Å². The number of nitrogens with one attached hydrogen (secondary N) is 1. The number of methoxy groups -OCH3 is 1. The van der Waals surface area contributed by atoms with Crippen molar-refractivity contribution >= 4 is 11.8 Å². The highest BCUT2D eigenvalue weighted by Gasteiger charge is 2.30. The molecule has 28 heavy (non-hydrogen) atoms. The van der Waals surface area contributed by atoms with Crippen molar-refractivity contribution in [2.24, 2.45) is 0 Å². The molecule has 1 aromatic heterocycles. The summed E-state index contributed by atoms with van der Waals surface area (Å²) in [6, 6.07) is 4.30. The van der Waals surface area contributed by atoms with Crippen LogP contribution >= 0.6 is 0 Å². The lowest BCUT2D eigenvalue weighted by Gasteiger charge is -2.23. The molecule has 0 radical (unpaired) electrons. The number of aromatic nitrogens is 1. The minimum absolute atomic E-state index is 0.217. The largest absolute Gasteiger partial charge is 0.465 e. The summed E-state index contributed by atoms with van der Waals surface area (Å²) in [7, 11) is 2.99. The fourth-order valence-corrected chi connectivity index (χ4v) is 3.04. The van der Waals surface area contributed by atoms with Gasteiger partial charge in [0.25, 0.3) is 0 Å². The number of ketones is 1. The number of hydrogen-bond acceptors (Lipinski definition) is 4. The van der Waals surface area contributed by atoms with E-state index in [0.29, 0.717) is 34.6 Å². The third kappa shape index (κ3) is 4.44. The van der Waals surface area contributed by atoms with E-state index in [0.717, 1.165) is 12.1 Å². The average Bonchev–Trinajstić information content (AvgIpc) is 2.93. The van der Waals surface area contributed by atoms with E-state index in [4.69, 9.17) is 4.74 Å². The first-order chi connectivity index (χ1) is 13.0. The number of halogens is 3. The summed E-state index contributed by atoms with van der Waals surface area (Å²) in [5.74, 6) is -0.735. The molecule has 5 nitrogen and oxygen atoms in total. The number of hydrogen-bond donors (Lipinski definition) is 1. The van der Waals surface area contributed by atoms with E-state index in [1.54, 1.807) is 32.7 Å². The van der Waals surface area contributed by atoms with Crippen LogP contribution in [0.25, 0.3) is 0 Å². The predicted octanol–water partition coefficient (Wildman–Crippen LogP) is 4.14. The number of alkyl halides is 3. The van der Waals surface area contributed by atoms with Crippen LogP contribution in [0.1, 0.15) is 50.2 Å². The van der Waals surface area contributed by atoms with Crippen LogP contribution in [0.15, 0.2) is 24.3 Å². The maximum atomic E-state index is 12.9. The van der Waals surface area contributed by atoms with Crippen molar-refractivity contribution in [1.82, 2.24) is 9.88 Å². The number of H-pyrrole nitrogens is 1. The zero-order valence-electron chi connectivity index (χ0n) is 16.4. The Kier molecular flexibility index (Phi) is 6.34. The number of nitrogens with zero attached hydrogens (tertiary/aromatic N) is 1. The van der Waals surface area contributed by atoms with Gasteiger partial charge in [-0.15, -0.1) is 0 Å². The van der Waals surface area contributed by atoms with E-state index < -0.39 is 23.8 Å². The number of aromatic amines is 1. The van der Waals surface area contributed by atoms with Gasteiger partial charge in [-0.2, -0.15) is 13.2 Å². The van der Waals surface area contributed by atoms with E-state index >= 15 is 0 Å². The van der Waals surface area contributed by atoms with Gasteiger partial charge in [0.2, 0.25) is 0 Å². The number of benzene rings is 1. The first kappa shape index (κ1) is 21.7. The van der Waals surface area contributed by atoms with Gasteiger partial charge in [-0.3, -0.25) is 9.69 Å². The van der Waals surface area contributed by atoms with Crippen LogP contribution in [0.4, 0.5) is 13.2 Å². The lowest BCUT2D eigenvalue weighted by molar-refractivity contribution is -0.137. The van der Waals surface area contributed by atoms with E-state index in [1.165, 1.54) is 19.2 Å². The third-order valence-electron chi connectivity index (χ3n) is 4.83. The standard InChI is InChI=1S/C20H23F3N2O3/c1-11-16(19(27)28-5)12(2)24-17(11)18(26)13(3)25(4)10-14-6-8-15(9-7-14)20(21,22)23/h6-9,13,24H,10H2,1-5H3. The number of Topliss-reactive ketones (excluding diaryl/α,β-unsaturated/α-hetero) is 1. The molecule has 0 aliphatic carbocycles. The molecule has 0 aliphatic heterocycles. The van der Waals surface area contributed by atoms with Crippen LogP contribution in [0.5, 0.6) is 0 Å². The summed E-state index contributed by atoms with van der Waals surface area (Å²) in [5, 5.41) is 0. The van der Waals surface area contributed by atoms with Crippen molar-refractivity contribution in [3.63, 3.8) is 0 Å². The van der Waals surface area contributed by atoms with Crippen molar-refractivity contribution in [2.45, 2.75) is 39.5 Å². The highest BCUT2D eigenvalue weighted by Crippen LogP contribution is 2.29. The minimum atomic E-state index is -4.38. The van der Waals surface area contributed by atoms with Crippen LogP contribution in [0.2, 0.25) is 0 Å². The first-order valence-corrected chi connectivity index (χ1v) is 8.65. The average molecular weight is 396 g/mol. The third-order valence-corrected chi connectivity index (χ3v) is 4.83. The number of carbonyl (C=O) groups is 2. The molecule has 0 fully saturated rings. The molecule has 1 heterocycles. The Morgan fingerprint density at radius 3 is 2.25 bits per heavy atom. The van der Waals surface area contributed by atoms with Crippen LogP contribution in [0, 0.1) is 13.8 Å². The molecule has 1 unspecified atom stereocenters. The normalized spacial score (nSPS) is 12.9. The molecule has 2 rings (SSSR count). The second kappa shape index (κ2) is 8.18. The van der Waals surface area contributed by atoms with Crippen LogP contribution in [-0.4, -0.2) is 41.8 Å².